The van der Waals surface area contributed by atoms with Crippen LogP contribution in [0, 0.1) is 13.8 Å². The van der Waals surface area contributed by atoms with Gasteiger partial charge in [0.2, 0.25) is 0 Å². The first-order valence-electron chi connectivity index (χ1n) is 6.18. The molecule has 0 fully saturated rings. The highest BCUT2D eigenvalue weighted by Crippen LogP contribution is 2.35. The minimum atomic E-state index is -4.58. The largest absolute Gasteiger partial charge is 0.417 e. The number of ketones is 1. The second-order valence-electron chi connectivity index (χ2n) is 4.89. The molecule has 0 heterocycles. The molecule has 0 atom stereocenters. The molecule has 0 aliphatic carbocycles. The van der Waals surface area contributed by atoms with Crippen LogP contribution in [0.15, 0.2) is 40.9 Å². The molecule has 0 amide bonds. The Labute approximate surface area is 128 Å². The Balaban J connectivity index is 2.58. The Morgan fingerprint density at radius 2 is 1.57 bits per heavy atom. The summed E-state index contributed by atoms with van der Waals surface area (Å²) in [6.07, 6.45) is -4.58. The summed E-state index contributed by atoms with van der Waals surface area (Å²) >= 11 is 3.01. The van der Waals surface area contributed by atoms with Gasteiger partial charge in [0, 0.05) is 15.6 Å². The molecule has 110 valence electrons. The molecule has 2 rings (SSSR count). The van der Waals surface area contributed by atoms with Crippen molar-refractivity contribution in [1.82, 2.24) is 0 Å². The van der Waals surface area contributed by atoms with Gasteiger partial charge in [0.05, 0.1) is 5.56 Å². The van der Waals surface area contributed by atoms with Gasteiger partial charge in [-0.2, -0.15) is 13.2 Å². The molecule has 2 aromatic carbocycles. The van der Waals surface area contributed by atoms with Gasteiger partial charge in [0.25, 0.3) is 0 Å². The van der Waals surface area contributed by atoms with Gasteiger partial charge in [0.1, 0.15) is 0 Å². The van der Waals surface area contributed by atoms with Gasteiger partial charge in [-0.15, -0.1) is 0 Å². The van der Waals surface area contributed by atoms with Crippen molar-refractivity contribution in [2.45, 2.75) is 20.0 Å². The van der Waals surface area contributed by atoms with Gasteiger partial charge in [-0.1, -0.05) is 33.1 Å². The fourth-order valence-electron chi connectivity index (χ4n) is 2.21. The highest BCUT2D eigenvalue weighted by atomic mass is 79.9. The van der Waals surface area contributed by atoms with E-state index in [1.807, 2.05) is 6.07 Å². The zero-order chi connectivity index (χ0) is 15.8. The topological polar surface area (TPSA) is 17.1 Å². The molecular weight excluding hydrogens is 345 g/mol. The minimum Gasteiger partial charge on any atom is -0.289 e. The van der Waals surface area contributed by atoms with E-state index in [4.69, 9.17) is 0 Å². The molecule has 0 aliphatic heterocycles. The average molecular weight is 357 g/mol. The van der Waals surface area contributed by atoms with E-state index in [1.54, 1.807) is 26.0 Å². The molecule has 1 nitrogen and oxygen atoms in total. The molecule has 0 bridgehead atoms. The van der Waals surface area contributed by atoms with Crippen molar-refractivity contribution in [3.63, 3.8) is 0 Å². The summed E-state index contributed by atoms with van der Waals surface area (Å²) in [5.74, 6) is -0.623. The Bertz CT molecular complexity index is 685. The third-order valence-corrected chi connectivity index (χ3v) is 3.51. The van der Waals surface area contributed by atoms with Crippen LogP contribution in [0.2, 0.25) is 0 Å². The van der Waals surface area contributed by atoms with Crippen molar-refractivity contribution in [3.05, 3.63) is 68.7 Å². The molecule has 0 saturated carbocycles. The van der Waals surface area contributed by atoms with Crippen molar-refractivity contribution in [1.29, 1.82) is 0 Å². The molecule has 0 spiro atoms. The lowest BCUT2D eigenvalue weighted by molar-refractivity contribution is -0.137. The average Bonchev–Trinajstić information content (AvgIpc) is 2.35. The molecule has 0 unspecified atom stereocenters. The Morgan fingerprint density at radius 1 is 1.00 bits per heavy atom. The summed E-state index contributed by atoms with van der Waals surface area (Å²) in [7, 11) is 0. The monoisotopic (exact) mass is 356 g/mol. The van der Waals surface area contributed by atoms with E-state index in [1.165, 1.54) is 12.1 Å². The quantitative estimate of drug-likeness (QED) is 0.666. The van der Waals surface area contributed by atoms with Gasteiger partial charge in [-0.05, 0) is 44.2 Å². The summed E-state index contributed by atoms with van der Waals surface area (Å²) in [6, 6.07) is 8.62. The van der Waals surface area contributed by atoms with E-state index in [-0.39, 0.29) is 15.6 Å². The first-order valence-corrected chi connectivity index (χ1v) is 6.97. The number of aryl methyl sites for hydroxylation is 2. The number of hydrogen-bond donors (Lipinski definition) is 0. The van der Waals surface area contributed by atoms with Crippen molar-refractivity contribution in [2.24, 2.45) is 0 Å². The van der Waals surface area contributed by atoms with Crippen LogP contribution in [0.3, 0.4) is 0 Å². The Morgan fingerprint density at radius 3 is 2.10 bits per heavy atom. The first kappa shape index (κ1) is 15.8. The van der Waals surface area contributed by atoms with Crippen LogP contribution in [-0.4, -0.2) is 5.78 Å². The zero-order valence-corrected chi connectivity index (χ0v) is 13.0. The number of carbonyl (C=O) groups excluding carboxylic acids is 1. The molecule has 0 N–H and O–H groups in total. The second kappa shape index (κ2) is 5.64. The molecule has 0 aromatic heterocycles. The van der Waals surface area contributed by atoms with Crippen molar-refractivity contribution in [3.8, 4) is 0 Å². The minimum absolute atomic E-state index is 0.264. The number of benzene rings is 2. The summed E-state index contributed by atoms with van der Waals surface area (Å²) in [5, 5.41) is 0. The van der Waals surface area contributed by atoms with Crippen molar-refractivity contribution >= 4 is 21.7 Å². The van der Waals surface area contributed by atoms with Gasteiger partial charge in [0.15, 0.2) is 5.78 Å². The van der Waals surface area contributed by atoms with Crippen LogP contribution in [0.25, 0.3) is 0 Å². The fraction of sp³-hybridized carbons (Fsp3) is 0.188. The van der Waals surface area contributed by atoms with E-state index in [9.17, 15) is 18.0 Å². The third-order valence-electron chi connectivity index (χ3n) is 3.02. The Kier molecular flexibility index (Phi) is 4.23. The number of hydrogen-bond acceptors (Lipinski definition) is 1. The van der Waals surface area contributed by atoms with E-state index in [0.29, 0.717) is 0 Å². The van der Waals surface area contributed by atoms with E-state index >= 15 is 0 Å². The predicted octanol–water partition coefficient (Wildman–Crippen LogP) is 5.32. The number of carbonyl (C=O) groups is 1. The fourth-order valence-corrected chi connectivity index (χ4v) is 2.57. The second-order valence-corrected chi connectivity index (χ2v) is 5.81. The molecule has 0 aliphatic rings. The number of halogens is 4. The van der Waals surface area contributed by atoms with Crippen molar-refractivity contribution in [2.75, 3.05) is 0 Å². The molecule has 21 heavy (non-hydrogen) atoms. The highest BCUT2D eigenvalue weighted by molar-refractivity contribution is 9.10. The van der Waals surface area contributed by atoms with Crippen LogP contribution in [-0.2, 0) is 6.18 Å². The first-order chi connectivity index (χ1) is 9.68. The molecule has 2 aromatic rings. The smallest absolute Gasteiger partial charge is 0.289 e. The maximum atomic E-state index is 13.1. The lowest BCUT2D eigenvalue weighted by atomic mass is 9.96. The molecular formula is C16H12BrF3O. The number of alkyl halides is 3. The summed E-state index contributed by atoms with van der Waals surface area (Å²) in [5.41, 5.74) is 0.671. The van der Waals surface area contributed by atoms with E-state index in [0.717, 1.165) is 17.2 Å². The SMILES string of the molecule is Cc1cc(C)cc(C(=O)c2ccc(Br)cc2C(F)(F)F)c1. The molecule has 0 saturated heterocycles. The maximum absolute atomic E-state index is 13.1. The van der Waals surface area contributed by atoms with Crippen LogP contribution < -0.4 is 0 Å². The highest BCUT2D eigenvalue weighted by Gasteiger charge is 2.35. The van der Waals surface area contributed by atoms with Crippen LogP contribution in [0.4, 0.5) is 13.2 Å². The van der Waals surface area contributed by atoms with Crippen LogP contribution in [0.5, 0.6) is 0 Å². The summed E-state index contributed by atoms with van der Waals surface area (Å²) in [4.78, 5) is 12.4. The molecule has 0 radical (unpaired) electrons. The summed E-state index contributed by atoms with van der Waals surface area (Å²) < 4.78 is 39.6. The van der Waals surface area contributed by atoms with Gasteiger partial charge in [-0.3, -0.25) is 4.79 Å². The Hall–Kier alpha value is -1.62. The van der Waals surface area contributed by atoms with Crippen molar-refractivity contribution < 1.29 is 18.0 Å². The predicted molar refractivity (Wildman–Crippen MR) is 78.5 cm³/mol. The number of rotatable bonds is 2. The van der Waals surface area contributed by atoms with Gasteiger partial charge in [-0.25, -0.2) is 0 Å². The maximum Gasteiger partial charge on any atom is 0.417 e. The summed E-state index contributed by atoms with van der Waals surface area (Å²) in [6.45, 7) is 3.60. The lowest BCUT2D eigenvalue weighted by Gasteiger charge is -2.13. The zero-order valence-electron chi connectivity index (χ0n) is 11.4. The standard InChI is InChI=1S/C16H12BrF3O/c1-9-5-10(2)7-11(6-9)15(21)13-4-3-12(17)8-14(13)16(18,19)20/h3-8H,1-2H3. The van der Waals surface area contributed by atoms with E-state index < -0.39 is 17.5 Å². The third kappa shape index (κ3) is 3.53. The van der Waals surface area contributed by atoms with Crippen LogP contribution in [0.1, 0.15) is 32.6 Å². The van der Waals surface area contributed by atoms with Gasteiger partial charge < -0.3 is 0 Å². The van der Waals surface area contributed by atoms with Gasteiger partial charge >= 0.3 is 6.18 Å². The van der Waals surface area contributed by atoms with Crippen LogP contribution >= 0.6 is 15.9 Å². The normalized spacial score (nSPS) is 11.5. The lowest BCUT2D eigenvalue weighted by Crippen LogP contribution is -2.14. The molecule has 5 heteroatoms. The van der Waals surface area contributed by atoms with E-state index in [2.05, 4.69) is 15.9 Å².